The van der Waals surface area contributed by atoms with Crippen molar-refractivity contribution in [3.8, 4) is 0 Å². The number of Topliss-reactive ketones (excluding diaryl/α,β-unsaturated/α-hetero) is 2. The second-order valence-electron chi connectivity index (χ2n) is 8.09. The summed E-state index contributed by atoms with van der Waals surface area (Å²) in [5, 5.41) is 6.42. The molecule has 0 radical (unpaired) electrons. The number of nitrogens with two attached hydrogens (primary N) is 1. The monoisotopic (exact) mass is 442 g/mol. The topological polar surface area (TPSA) is 133 Å². The number of carbonyl (C=O) groups excluding carboxylic acids is 3. The summed E-state index contributed by atoms with van der Waals surface area (Å²) in [5.74, 6) is -1.22. The first-order valence-corrected chi connectivity index (χ1v) is 10.4. The number of hydrogen-bond donors (Lipinski definition) is 4. The number of carbonyl (C=O) groups is 3. The zero-order valence-corrected chi connectivity index (χ0v) is 17.9. The Labute approximate surface area is 184 Å². The van der Waals surface area contributed by atoms with Gasteiger partial charge in [-0.1, -0.05) is 0 Å². The van der Waals surface area contributed by atoms with E-state index >= 15 is 0 Å². The van der Waals surface area contributed by atoms with Crippen LogP contribution in [0.1, 0.15) is 6.92 Å². The van der Waals surface area contributed by atoms with Gasteiger partial charge in [-0.3, -0.25) is 9.59 Å². The third-order valence-electron chi connectivity index (χ3n) is 6.56. The van der Waals surface area contributed by atoms with E-state index in [-0.39, 0.29) is 36.0 Å². The first-order chi connectivity index (χ1) is 14.8. The van der Waals surface area contributed by atoms with Crippen molar-refractivity contribution in [3.63, 3.8) is 0 Å². The van der Waals surface area contributed by atoms with E-state index < -0.39 is 17.7 Å². The molecule has 1 aliphatic carbocycles. The summed E-state index contributed by atoms with van der Waals surface area (Å²) < 4.78 is 11.1. The van der Waals surface area contributed by atoms with Gasteiger partial charge in [-0.25, -0.2) is 4.79 Å². The molecular weight excluding hydrogens is 420 g/mol. The van der Waals surface area contributed by atoms with Crippen LogP contribution in [0.3, 0.4) is 0 Å². The van der Waals surface area contributed by atoms with Gasteiger partial charge in [-0.05, 0) is 31.2 Å². The highest BCUT2D eigenvalue weighted by Gasteiger charge is 2.72. The highest BCUT2D eigenvalue weighted by Crippen LogP contribution is 2.55. The predicted molar refractivity (Wildman–Crippen MR) is 113 cm³/mol. The maximum Gasteiger partial charge on any atom is 0.404 e. The van der Waals surface area contributed by atoms with Crippen LogP contribution in [0.5, 0.6) is 0 Å². The quantitative estimate of drug-likeness (QED) is 0.299. The van der Waals surface area contributed by atoms with Crippen molar-refractivity contribution in [1.82, 2.24) is 10.2 Å². The van der Waals surface area contributed by atoms with Gasteiger partial charge in [0.1, 0.15) is 6.61 Å². The molecule has 31 heavy (non-hydrogen) atoms. The minimum atomic E-state index is -0.987. The van der Waals surface area contributed by atoms with Crippen molar-refractivity contribution in [3.05, 3.63) is 46.8 Å². The Hall–Kier alpha value is -2.82. The molecule has 5 rings (SSSR count). The van der Waals surface area contributed by atoms with Crippen molar-refractivity contribution in [1.29, 1.82) is 0 Å². The third kappa shape index (κ3) is 2.75. The third-order valence-corrected chi connectivity index (χ3v) is 6.86. The van der Waals surface area contributed by atoms with E-state index in [0.717, 1.165) is 4.90 Å². The number of nitrogens with one attached hydrogen (secondary N) is 2. The molecule has 9 nitrogen and oxygen atoms in total. The molecule has 3 heterocycles. The molecule has 0 bridgehead atoms. The molecule has 4 atom stereocenters. The van der Waals surface area contributed by atoms with Gasteiger partial charge in [0.15, 0.2) is 5.72 Å². The summed E-state index contributed by atoms with van der Waals surface area (Å²) in [5.41, 5.74) is 6.02. The van der Waals surface area contributed by atoms with Gasteiger partial charge in [0, 0.05) is 41.4 Å². The van der Waals surface area contributed by atoms with Crippen molar-refractivity contribution >= 4 is 36.0 Å². The van der Waals surface area contributed by atoms with Gasteiger partial charge >= 0.3 is 6.09 Å². The van der Waals surface area contributed by atoms with Gasteiger partial charge in [-0.15, -0.1) is 12.6 Å². The number of primary amides is 1. The molecule has 2 fully saturated rings. The Kier molecular flexibility index (Phi) is 4.44. The molecular formula is C21H22N4O5S. The Morgan fingerprint density at radius 2 is 2.03 bits per heavy atom. The number of benzene rings is 1. The number of amides is 1. The molecule has 0 spiro atoms. The molecule has 3 aliphatic heterocycles. The number of allylic oxidation sites excluding steroid dienone is 2. The Morgan fingerprint density at radius 1 is 1.32 bits per heavy atom. The fraction of sp³-hybridized carbons (Fsp3) is 0.381. The molecule has 1 aromatic carbocycles. The second kappa shape index (κ2) is 6.84. The van der Waals surface area contributed by atoms with E-state index in [1.165, 1.54) is 0 Å². The number of thiol groups is 1. The normalized spacial score (nSPS) is 30.9. The smallest absolute Gasteiger partial charge is 0.404 e. The van der Waals surface area contributed by atoms with E-state index in [4.69, 9.17) is 15.2 Å². The summed E-state index contributed by atoms with van der Waals surface area (Å²) in [6.07, 6.45) is -0.948. The van der Waals surface area contributed by atoms with E-state index in [1.807, 2.05) is 4.90 Å². The van der Waals surface area contributed by atoms with Crippen LogP contribution in [0.2, 0.25) is 0 Å². The van der Waals surface area contributed by atoms with Crippen LogP contribution >= 0.6 is 12.6 Å². The molecule has 10 heteroatoms. The van der Waals surface area contributed by atoms with Gasteiger partial charge < -0.3 is 30.7 Å². The number of nitrogens with zero attached hydrogens (tertiary/aromatic N) is 1. The maximum atomic E-state index is 13.7. The lowest BCUT2D eigenvalue weighted by Gasteiger charge is -2.39. The number of ketones is 2. The van der Waals surface area contributed by atoms with E-state index in [2.05, 4.69) is 23.3 Å². The number of hydrogen-bond acceptors (Lipinski definition) is 9. The van der Waals surface area contributed by atoms with Crippen LogP contribution in [0.25, 0.3) is 0 Å². The number of ether oxygens (including phenoxy) is 2. The van der Waals surface area contributed by atoms with Crippen molar-refractivity contribution in [2.75, 3.05) is 25.6 Å². The molecule has 2 saturated heterocycles. The summed E-state index contributed by atoms with van der Waals surface area (Å²) in [7, 11) is 1.54. The van der Waals surface area contributed by atoms with E-state index in [9.17, 15) is 14.4 Å². The number of fused-ring (bicyclic) bond motifs is 4. The van der Waals surface area contributed by atoms with Crippen LogP contribution in [0.4, 0.5) is 10.5 Å². The number of piperazine rings is 1. The fourth-order valence-electron chi connectivity index (χ4n) is 5.13. The Morgan fingerprint density at radius 3 is 2.68 bits per heavy atom. The van der Waals surface area contributed by atoms with Crippen molar-refractivity contribution in [2.45, 2.75) is 29.6 Å². The Bertz CT molecular complexity index is 1080. The minimum absolute atomic E-state index is 0.0789. The highest BCUT2D eigenvalue weighted by molar-refractivity contribution is 7.80. The van der Waals surface area contributed by atoms with Gasteiger partial charge in [0.25, 0.3) is 0 Å². The Balaban J connectivity index is 1.56. The summed E-state index contributed by atoms with van der Waals surface area (Å²) in [4.78, 5) is 41.1. The lowest BCUT2D eigenvalue weighted by atomic mass is 9.82. The van der Waals surface area contributed by atoms with Crippen LogP contribution in [-0.4, -0.2) is 60.6 Å². The van der Waals surface area contributed by atoms with Gasteiger partial charge in [-0.2, -0.15) is 0 Å². The zero-order chi connectivity index (χ0) is 22.1. The average Bonchev–Trinajstić information content (AvgIpc) is 3.35. The van der Waals surface area contributed by atoms with Crippen molar-refractivity contribution < 1.29 is 23.9 Å². The highest BCUT2D eigenvalue weighted by atomic mass is 32.1. The molecule has 0 aromatic heterocycles. The van der Waals surface area contributed by atoms with Crippen LogP contribution in [0.15, 0.2) is 51.7 Å². The van der Waals surface area contributed by atoms with E-state index in [1.54, 1.807) is 38.3 Å². The van der Waals surface area contributed by atoms with Crippen LogP contribution in [-0.2, 0) is 19.1 Å². The predicted octanol–water partition coefficient (Wildman–Crippen LogP) is 0.791. The number of methoxy groups -OCH3 is 1. The second-order valence-corrected chi connectivity index (χ2v) is 8.61. The van der Waals surface area contributed by atoms with E-state index in [0.29, 0.717) is 29.1 Å². The lowest BCUT2D eigenvalue weighted by Crippen LogP contribution is -2.55. The van der Waals surface area contributed by atoms with Gasteiger partial charge in [0.2, 0.25) is 11.6 Å². The summed E-state index contributed by atoms with van der Waals surface area (Å²) >= 11 is 4.27. The maximum absolute atomic E-state index is 13.7. The fourth-order valence-corrected chi connectivity index (χ4v) is 5.28. The number of rotatable bonds is 5. The molecule has 162 valence electrons. The molecule has 0 saturated carbocycles. The van der Waals surface area contributed by atoms with Gasteiger partial charge in [0.05, 0.1) is 23.4 Å². The molecule has 4 N–H and O–H groups in total. The van der Waals surface area contributed by atoms with Crippen LogP contribution < -0.4 is 16.4 Å². The van der Waals surface area contributed by atoms with Crippen molar-refractivity contribution in [2.24, 2.45) is 11.7 Å². The average molecular weight is 442 g/mol. The molecule has 1 aromatic rings. The largest absolute Gasteiger partial charge is 0.449 e. The lowest BCUT2D eigenvalue weighted by molar-refractivity contribution is -0.137. The molecule has 0 unspecified atom stereocenters. The molecule has 1 amide bonds. The summed E-state index contributed by atoms with van der Waals surface area (Å²) in [6, 6.07) is 7.20. The first-order valence-electron chi connectivity index (χ1n) is 9.91. The minimum Gasteiger partial charge on any atom is -0.449 e. The standard InChI is InChI=1S/C21H22N4O5S/c1-9-15(23-10-3-5-11(31)6-4-10)18(27)14-12(8-30-20(22)28)21(29-2)19-13(24-19)7-25(21)16(14)17(9)26/h3-6,12-13,19,23-24,31H,7-8H2,1-2H3,(H2,22,28)/t12-,13+,19+,21-/m0/s1. The summed E-state index contributed by atoms with van der Waals surface area (Å²) in [6.45, 7) is 2.00. The first kappa shape index (κ1) is 20.1. The zero-order valence-electron chi connectivity index (χ0n) is 17.0. The van der Waals surface area contributed by atoms with Crippen LogP contribution in [0, 0.1) is 5.92 Å². The number of anilines is 1. The SMILES string of the molecule is CO[C@@]12[C@@H]3N[C@@H]3CN1C1=C(C(=O)C(Nc3ccc(S)cc3)=C(C)C1=O)[C@@H]2COC(N)=O. The molecule has 4 aliphatic rings.